The largest absolute Gasteiger partial charge is 0.486 e. The van der Waals surface area contributed by atoms with Crippen LogP contribution in [0.15, 0.2) is 18.2 Å². The first-order valence-electron chi connectivity index (χ1n) is 7.49. The first kappa shape index (κ1) is 15.6. The molecule has 3 rings (SSSR count). The number of hydrogen-bond acceptors (Lipinski definition) is 7. The molecule has 3 N–H and O–H groups in total. The molecule has 1 aromatic carbocycles. The van der Waals surface area contributed by atoms with Crippen LogP contribution < -0.4 is 20.5 Å². The fourth-order valence-corrected chi connectivity index (χ4v) is 3.03. The summed E-state index contributed by atoms with van der Waals surface area (Å²) in [5, 5.41) is 3.86. The molecule has 6 nitrogen and oxygen atoms in total. The smallest absolute Gasteiger partial charge is 0.206 e. The summed E-state index contributed by atoms with van der Waals surface area (Å²) in [6.07, 6.45) is 0. The van der Waals surface area contributed by atoms with Crippen LogP contribution in [0, 0.1) is 5.92 Å². The molecule has 1 aromatic heterocycles. The number of nitrogens with zero attached hydrogens (tertiary/aromatic N) is 1. The monoisotopic (exact) mass is 333 g/mol. The Morgan fingerprint density at radius 3 is 2.83 bits per heavy atom. The van der Waals surface area contributed by atoms with Crippen LogP contribution in [0.3, 0.4) is 0 Å². The second-order valence-corrected chi connectivity index (χ2v) is 6.69. The quantitative estimate of drug-likeness (QED) is 0.818. The summed E-state index contributed by atoms with van der Waals surface area (Å²) in [6.45, 7) is 5.99. The first-order chi connectivity index (χ1) is 11.0. The highest BCUT2D eigenvalue weighted by atomic mass is 32.1. The predicted molar refractivity (Wildman–Crippen MR) is 90.7 cm³/mol. The van der Waals surface area contributed by atoms with Crippen molar-refractivity contribution < 1.29 is 14.3 Å². The van der Waals surface area contributed by atoms with Crippen LogP contribution in [0.1, 0.15) is 29.1 Å². The van der Waals surface area contributed by atoms with E-state index in [4.69, 9.17) is 15.2 Å². The third-order valence-electron chi connectivity index (χ3n) is 3.33. The van der Waals surface area contributed by atoms with Gasteiger partial charge in [0.25, 0.3) is 0 Å². The number of rotatable bonds is 5. The Balaban J connectivity index is 1.82. The minimum absolute atomic E-state index is 0.158. The maximum absolute atomic E-state index is 12.7. The van der Waals surface area contributed by atoms with Gasteiger partial charge >= 0.3 is 0 Å². The minimum Gasteiger partial charge on any atom is -0.486 e. The molecule has 0 aliphatic carbocycles. The molecule has 23 heavy (non-hydrogen) atoms. The van der Waals surface area contributed by atoms with Crippen molar-refractivity contribution in [2.24, 2.45) is 5.92 Å². The molecule has 0 atom stereocenters. The van der Waals surface area contributed by atoms with E-state index in [1.807, 2.05) is 0 Å². The lowest BCUT2D eigenvalue weighted by atomic mass is 10.1. The molecule has 0 spiro atoms. The molecule has 0 bridgehead atoms. The van der Waals surface area contributed by atoms with E-state index in [1.54, 1.807) is 18.2 Å². The fourth-order valence-electron chi connectivity index (χ4n) is 2.18. The van der Waals surface area contributed by atoms with Gasteiger partial charge in [-0.05, 0) is 24.1 Å². The molecular formula is C16H19N3O3S. The number of carbonyl (C=O) groups is 1. The molecule has 0 unspecified atom stereocenters. The zero-order valence-corrected chi connectivity index (χ0v) is 13.9. The van der Waals surface area contributed by atoms with E-state index in [2.05, 4.69) is 24.1 Å². The van der Waals surface area contributed by atoms with Crippen LogP contribution >= 0.6 is 11.3 Å². The van der Waals surface area contributed by atoms with Crippen molar-refractivity contribution in [2.75, 3.05) is 30.8 Å². The Kier molecular flexibility index (Phi) is 4.38. The summed E-state index contributed by atoms with van der Waals surface area (Å²) in [5.41, 5.74) is 6.42. The van der Waals surface area contributed by atoms with E-state index in [-0.39, 0.29) is 11.6 Å². The van der Waals surface area contributed by atoms with E-state index in [0.717, 1.165) is 6.54 Å². The molecule has 122 valence electrons. The van der Waals surface area contributed by atoms with Crippen molar-refractivity contribution in [3.8, 4) is 11.5 Å². The van der Waals surface area contributed by atoms with Crippen molar-refractivity contribution in [2.45, 2.75) is 13.8 Å². The van der Waals surface area contributed by atoms with Crippen molar-refractivity contribution in [1.82, 2.24) is 4.98 Å². The molecule has 2 aromatic rings. The van der Waals surface area contributed by atoms with Crippen LogP contribution in [0.5, 0.6) is 11.5 Å². The Labute approximate surface area is 138 Å². The first-order valence-corrected chi connectivity index (χ1v) is 8.30. The lowest BCUT2D eigenvalue weighted by Gasteiger charge is -2.18. The van der Waals surface area contributed by atoms with Gasteiger partial charge in [-0.25, -0.2) is 4.98 Å². The number of ketones is 1. The summed E-state index contributed by atoms with van der Waals surface area (Å²) < 4.78 is 11.0. The highest BCUT2D eigenvalue weighted by Crippen LogP contribution is 2.33. The number of ether oxygens (including phenoxy) is 2. The molecule has 0 radical (unpaired) electrons. The second kappa shape index (κ2) is 6.45. The standard InChI is InChI=1S/C16H19N3O3S/c1-9(2)8-18-16-19-15(17)14(23-16)13(20)10-3-4-11-12(7-10)22-6-5-21-11/h3-4,7,9H,5-6,8,17H2,1-2H3,(H,18,19). The number of aromatic nitrogens is 1. The number of nitrogens with two attached hydrogens (primary N) is 1. The van der Waals surface area contributed by atoms with Crippen LogP contribution in [-0.2, 0) is 0 Å². The summed E-state index contributed by atoms with van der Waals surface area (Å²) in [5.74, 6) is 1.82. The van der Waals surface area contributed by atoms with Gasteiger partial charge < -0.3 is 20.5 Å². The summed E-state index contributed by atoms with van der Waals surface area (Å²) in [7, 11) is 0. The molecule has 7 heteroatoms. The average Bonchev–Trinajstić information content (AvgIpc) is 2.92. The summed E-state index contributed by atoms with van der Waals surface area (Å²) >= 11 is 1.27. The van der Waals surface area contributed by atoms with E-state index >= 15 is 0 Å². The number of fused-ring (bicyclic) bond motifs is 1. The van der Waals surface area contributed by atoms with Crippen LogP contribution in [-0.4, -0.2) is 30.5 Å². The number of carbonyl (C=O) groups excluding carboxylic acids is 1. The maximum Gasteiger partial charge on any atom is 0.206 e. The molecule has 0 saturated heterocycles. The van der Waals surface area contributed by atoms with Gasteiger partial charge in [-0.2, -0.15) is 0 Å². The average molecular weight is 333 g/mol. The molecule has 0 amide bonds. The topological polar surface area (TPSA) is 86.5 Å². The highest BCUT2D eigenvalue weighted by molar-refractivity contribution is 7.18. The maximum atomic E-state index is 12.7. The number of hydrogen-bond donors (Lipinski definition) is 2. The fraction of sp³-hybridized carbons (Fsp3) is 0.375. The third kappa shape index (κ3) is 3.39. The Morgan fingerprint density at radius 1 is 1.35 bits per heavy atom. The van der Waals surface area contributed by atoms with Crippen molar-refractivity contribution in [3.05, 3.63) is 28.6 Å². The predicted octanol–water partition coefficient (Wildman–Crippen LogP) is 2.80. The summed E-state index contributed by atoms with van der Waals surface area (Å²) in [6, 6.07) is 5.16. The van der Waals surface area contributed by atoms with Gasteiger partial charge in [0.15, 0.2) is 16.6 Å². The second-order valence-electron chi connectivity index (χ2n) is 5.70. The van der Waals surface area contributed by atoms with Gasteiger partial charge in [-0.3, -0.25) is 4.79 Å². The van der Waals surface area contributed by atoms with Gasteiger partial charge in [0.1, 0.15) is 23.9 Å². The Bertz CT molecular complexity index is 727. The zero-order valence-electron chi connectivity index (χ0n) is 13.1. The van der Waals surface area contributed by atoms with Gasteiger partial charge in [0.2, 0.25) is 5.78 Å². The Morgan fingerprint density at radius 2 is 2.09 bits per heavy atom. The summed E-state index contributed by atoms with van der Waals surface area (Å²) in [4.78, 5) is 17.3. The van der Waals surface area contributed by atoms with Gasteiger partial charge in [0, 0.05) is 12.1 Å². The number of anilines is 2. The van der Waals surface area contributed by atoms with Gasteiger partial charge in [-0.15, -0.1) is 0 Å². The lowest BCUT2D eigenvalue weighted by Crippen LogP contribution is -2.15. The number of benzene rings is 1. The van der Waals surface area contributed by atoms with E-state index in [9.17, 15) is 4.79 Å². The van der Waals surface area contributed by atoms with Crippen molar-refractivity contribution >= 4 is 28.1 Å². The SMILES string of the molecule is CC(C)CNc1nc(N)c(C(=O)c2ccc3c(c2)OCCO3)s1. The van der Waals surface area contributed by atoms with Gasteiger partial charge in [0.05, 0.1) is 0 Å². The molecule has 0 fully saturated rings. The number of thiazole rings is 1. The molecular weight excluding hydrogens is 314 g/mol. The van der Waals surface area contributed by atoms with Crippen LogP contribution in [0.2, 0.25) is 0 Å². The van der Waals surface area contributed by atoms with Crippen LogP contribution in [0.25, 0.3) is 0 Å². The number of nitrogens with one attached hydrogen (secondary N) is 1. The van der Waals surface area contributed by atoms with E-state index in [1.165, 1.54) is 11.3 Å². The third-order valence-corrected chi connectivity index (χ3v) is 4.35. The van der Waals surface area contributed by atoms with Crippen molar-refractivity contribution in [1.29, 1.82) is 0 Å². The normalized spacial score (nSPS) is 13.2. The van der Waals surface area contributed by atoms with Crippen LogP contribution in [0.4, 0.5) is 10.9 Å². The Hall–Kier alpha value is -2.28. The molecule has 0 saturated carbocycles. The zero-order chi connectivity index (χ0) is 16.4. The molecule has 1 aliphatic rings. The van der Waals surface area contributed by atoms with Crippen molar-refractivity contribution in [3.63, 3.8) is 0 Å². The lowest BCUT2D eigenvalue weighted by molar-refractivity contribution is 0.104. The van der Waals surface area contributed by atoms with Gasteiger partial charge in [-0.1, -0.05) is 25.2 Å². The van der Waals surface area contributed by atoms with E-state index in [0.29, 0.717) is 46.2 Å². The number of nitrogen functional groups attached to an aromatic ring is 1. The van der Waals surface area contributed by atoms with E-state index < -0.39 is 0 Å². The molecule has 2 heterocycles. The molecule has 1 aliphatic heterocycles. The minimum atomic E-state index is -0.158. The highest BCUT2D eigenvalue weighted by Gasteiger charge is 2.20.